The van der Waals surface area contributed by atoms with Crippen molar-refractivity contribution in [2.24, 2.45) is 0 Å². The third kappa shape index (κ3) is 4.92. The second-order valence-corrected chi connectivity index (χ2v) is 7.07. The quantitative estimate of drug-likeness (QED) is 0.840. The van der Waals surface area contributed by atoms with Crippen molar-refractivity contribution in [3.05, 3.63) is 47.8 Å². The minimum atomic E-state index is 0.185. The van der Waals surface area contributed by atoms with Gasteiger partial charge >= 0.3 is 0 Å². The van der Waals surface area contributed by atoms with E-state index >= 15 is 0 Å². The molecule has 0 N–H and O–H groups in total. The summed E-state index contributed by atoms with van der Waals surface area (Å²) in [5, 5.41) is 4.44. The Morgan fingerprint density at radius 3 is 2.68 bits per heavy atom. The third-order valence-electron chi connectivity index (χ3n) is 4.81. The van der Waals surface area contributed by atoms with Crippen LogP contribution in [0.25, 0.3) is 5.69 Å². The predicted octanol–water partition coefficient (Wildman–Crippen LogP) is 3.02. The van der Waals surface area contributed by atoms with E-state index in [2.05, 4.69) is 29.1 Å². The van der Waals surface area contributed by atoms with Gasteiger partial charge in [0.2, 0.25) is 5.91 Å². The fraction of sp³-hybridized carbons (Fsp3) is 0.500. The predicted molar refractivity (Wildman–Crippen MR) is 99.7 cm³/mol. The number of benzene rings is 1. The van der Waals surface area contributed by atoms with E-state index in [1.54, 1.807) is 0 Å². The lowest BCUT2D eigenvalue weighted by Crippen LogP contribution is -2.38. The van der Waals surface area contributed by atoms with E-state index in [-0.39, 0.29) is 5.91 Å². The molecule has 25 heavy (non-hydrogen) atoms. The molecule has 0 bridgehead atoms. The van der Waals surface area contributed by atoms with Gasteiger partial charge in [-0.05, 0) is 50.6 Å². The van der Waals surface area contributed by atoms with E-state index in [4.69, 9.17) is 0 Å². The molecule has 1 fully saturated rings. The number of nitrogens with zero attached hydrogens (tertiary/aromatic N) is 4. The van der Waals surface area contributed by atoms with Crippen molar-refractivity contribution in [3.8, 4) is 5.69 Å². The Bertz CT molecular complexity index is 701. The Hall–Kier alpha value is -2.14. The van der Waals surface area contributed by atoms with Gasteiger partial charge in [0.05, 0.1) is 18.4 Å². The number of aromatic nitrogens is 2. The highest BCUT2D eigenvalue weighted by Crippen LogP contribution is 2.13. The summed E-state index contributed by atoms with van der Waals surface area (Å²) in [5.41, 5.74) is 3.30. The van der Waals surface area contributed by atoms with E-state index in [1.165, 1.54) is 31.2 Å². The van der Waals surface area contributed by atoms with Crippen LogP contribution >= 0.6 is 0 Å². The summed E-state index contributed by atoms with van der Waals surface area (Å²) in [7, 11) is 1.88. The molecule has 1 aliphatic rings. The van der Waals surface area contributed by atoms with Gasteiger partial charge in [0.15, 0.2) is 0 Å². The van der Waals surface area contributed by atoms with Crippen molar-refractivity contribution < 1.29 is 4.79 Å². The van der Waals surface area contributed by atoms with Crippen LogP contribution in [0.3, 0.4) is 0 Å². The number of likely N-dealkylation sites (N-methyl/N-ethyl adjacent to an activating group) is 1. The Morgan fingerprint density at radius 2 is 1.96 bits per heavy atom. The van der Waals surface area contributed by atoms with Gasteiger partial charge in [-0.25, -0.2) is 4.68 Å². The molecule has 1 amide bonds. The molecular formula is C20H28N4O. The number of carbonyl (C=O) groups excluding carboxylic acids is 1. The summed E-state index contributed by atoms with van der Waals surface area (Å²) in [6.07, 6.45) is 8.85. The van der Waals surface area contributed by atoms with E-state index in [1.807, 2.05) is 41.2 Å². The topological polar surface area (TPSA) is 41.4 Å². The molecule has 0 unspecified atom stereocenters. The molecule has 0 aliphatic carbocycles. The SMILES string of the molecule is Cc1cccc(-n2cc(CN(C)C(=O)CN3CCCCCC3)cn2)c1. The maximum absolute atomic E-state index is 12.5. The minimum absolute atomic E-state index is 0.185. The normalized spacial score (nSPS) is 15.8. The highest BCUT2D eigenvalue weighted by atomic mass is 16.2. The summed E-state index contributed by atoms with van der Waals surface area (Å²) in [4.78, 5) is 16.6. The number of hydrogen-bond acceptors (Lipinski definition) is 3. The van der Waals surface area contributed by atoms with Crippen molar-refractivity contribution in [1.82, 2.24) is 19.6 Å². The number of carbonyl (C=O) groups is 1. The van der Waals surface area contributed by atoms with Gasteiger partial charge in [-0.3, -0.25) is 9.69 Å². The molecule has 1 saturated heterocycles. The molecule has 1 aromatic heterocycles. The largest absolute Gasteiger partial charge is 0.340 e. The molecule has 1 aliphatic heterocycles. The molecule has 0 atom stereocenters. The van der Waals surface area contributed by atoms with Crippen LogP contribution < -0.4 is 0 Å². The first-order valence-corrected chi connectivity index (χ1v) is 9.19. The molecule has 1 aromatic carbocycles. The summed E-state index contributed by atoms with van der Waals surface area (Å²) in [6, 6.07) is 8.25. The first kappa shape index (κ1) is 17.7. The second-order valence-electron chi connectivity index (χ2n) is 7.07. The maximum Gasteiger partial charge on any atom is 0.236 e. The highest BCUT2D eigenvalue weighted by molar-refractivity contribution is 5.78. The summed E-state index contributed by atoms with van der Waals surface area (Å²) in [5.74, 6) is 0.185. The molecule has 0 spiro atoms. The zero-order valence-corrected chi connectivity index (χ0v) is 15.3. The van der Waals surface area contributed by atoms with Gasteiger partial charge in [-0.1, -0.05) is 25.0 Å². The van der Waals surface area contributed by atoms with Crippen LogP contribution in [0.2, 0.25) is 0 Å². The molecule has 5 heteroatoms. The van der Waals surface area contributed by atoms with E-state index < -0.39 is 0 Å². The first-order chi connectivity index (χ1) is 12.1. The Labute approximate surface area is 150 Å². The van der Waals surface area contributed by atoms with Gasteiger partial charge in [0, 0.05) is 25.4 Å². The van der Waals surface area contributed by atoms with Gasteiger partial charge in [0.25, 0.3) is 0 Å². The highest BCUT2D eigenvalue weighted by Gasteiger charge is 2.16. The zero-order chi connectivity index (χ0) is 17.6. The van der Waals surface area contributed by atoms with E-state index in [9.17, 15) is 4.79 Å². The molecule has 0 saturated carbocycles. The number of hydrogen-bond donors (Lipinski definition) is 0. The minimum Gasteiger partial charge on any atom is -0.340 e. The van der Waals surface area contributed by atoms with Crippen molar-refractivity contribution in [1.29, 1.82) is 0 Å². The van der Waals surface area contributed by atoms with Crippen LogP contribution in [-0.4, -0.2) is 52.2 Å². The smallest absolute Gasteiger partial charge is 0.236 e. The number of amides is 1. The molecule has 134 valence electrons. The fourth-order valence-electron chi connectivity index (χ4n) is 3.32. The molecule has 2 aromatic rings. The molecule has 0 radical (unpaired) electrons. The van der Waals surface area contributed by atoms with Gasteiger partial charge in [-0.15, -0.1) is 0 Å². The fourth-order valence-corrected chi connectivity index (χ4v) is 3.32. The number of aryl methyl sites for hydroxylation is 1. The van der Waals surface area contributed by atoms with Crippen molar-refractivity contribution >= 4 is 5.91 Å². The van der Waals surface area contributed by atoms with Crippen molar-refractivity contribution in [3.63, 3.8) is 0 Å². The van der Waals surface area contributed by atoms with E-state index in [0.717, 1.165) is 24.3 Å². The Kier molecular flexibility index (Phi) is 5.87. The maximum atomic E-state index is 12.5. The summed E-state index contributed by atoms with van der Waals surface area (Å²) >= 11 is 0. The number of likely N-dealkylation sites (tertiary alicyclic amines) is 1. The lowest BCUT2D eigenvalue weighted by molar-refractivity contribution is -0.131. The molecule has 5 nitrogen and oxygen atoms in total. The molecule has 3 rings (SSSR count). The van der Waals surface area contributed by atoms with Crippen LogP contribution in [0.4, 0.5) is 0 Å². The molecule has 2 heterocycles. The second kappa shape index (κ2) is 8.30. The Balaban J connectivity index is 1.57. The average molecular weight is 340 g/mol. The number of rotatable bonds is 5. The van der Waals surface area contributed by atoms with Crippen LogP contribution in [0.1, 0.15) is 36.8 Å². The first-order valence-electron chi connectivity index (χ1n) is 9.19. The monoisotopic (exact) mass is 340 g/mol. The zero-order valence-electron chi connectivity index (χ0n) is 15.3. The summed E-state index contributed by atoms with van der Waals surface area (Å²) in [6.45, 7) is 5.29. The lowest BCUT2D eigenvalue weighted by Gasteiger charge is -2.23. The standard InChI is InChI=1S/C20H28N4O/c1-17-8-7-9-19(12-17)24-15-18(13-21-24)14-22(2)20(25)16-23-10-5-3-4-6-11-23/h7-9,12-13,15H,3-6,10-11,14,16H2,1-2H3. The van der Waals surface area contributed by atoms with Crippen molar-refractivity contribution in [2.75, 3.05) is 26.7 Å². The van der Waals surface area contributed by atoms with Crippen LogP contribution in [0, 0.1) is 6.92 Å². The van der Waals surface area contributed by atoms with Crippen LogP contribution in [0.15, 0.2) is 36.7 Å². The van der Waals surface area contributed by atoms with Crippen molar-refractivity contribution in [2.45, 2.75) is 39.2 Å². The molecular weight excluding hydrogens is 312 g/mol. The van der Waals surface area contributed by atoms with Crippen LogP contribution in [-0.2, 0) is 11.3 Å². The van der Waals surface area contributed by atoms with Gasteiger partial charge in [0.1, 0.15) is 0 Å². The Morgan fingerprint density at radius 1 is 1.20 bits per heavy atom. The third-order valence-corrected chi connectivity index (χ3v) is 4.81. The average Bonchev–Trinajstić information content (AvgIpc) is 2.91. The lowest BCUT2D eigenvalue weighted by atomic mass is 10.2. The van der Waals surface area contributed by atoms with Gasteiger partial charge in [-0.2, -0.15) is 5.10 Å². The van der Waals surface area contributed by atoms with Crippen LogP contribution in [0.5, 0.6) is 0 Å². The van der Waals surface area contributed by atoms with Gasteiger partial charge < -0.3 is 4.90 Å². The van der Waals surface area contributed by atoms with E-state index in [0.29, 0.717) is 13.1 Å². The summed E-state index contributed by atoms with van der Waals surface area (Å²) < 4.78 is 1.87.